The predicted octanol–water partition coefficient (Wildman–Crippen LogP) is 2.67. The summed E-state index contributed by atoms with van der Waals surface area (Å²) in [5, 5.41) is 9.78. The smallest absolute Gasteiger partial charge is 0.272 e. The molecule has 0 atom stereocenters. The molecule has 4 nitrogen and oxygen atoms in total. The van der Waals surface area contributed by atoms with Crippen LogP contribution in [-0.2, 0) is 5.54 Å². The SMILES string of the molecule is Cc1cc(C(=O)NC2(c3ccc(F)cc3)CCC2)n[nH]1. The Morgan fingerprint density at radius 3 is 2.55 bits per heavy atom. The number of nitrogens with one attached hydrogen (secondary N) is 2. The number of halogens is 1. The minimum absolute atomic E-state index is 0.196. The Hall–Kier alpha value is -2.17. The number of carbonyl (C=O) groups is 1. The second-order valence-corrected chi connectivity index (χ2v) is 5.33. The maximum absolute atomic E-state index is 13.0. The van der Waals surface area contributed by atoms with Crippen LogP contribution in [0, 0.1) is 12.7 Å². The van der Waals surface area contributed by atoms with E-state index in [9.17, 15) is 9.18 Å². The zero-order chi connectivity index (χ0) is 14.2. The second-order valence-electron chi connectivity index (χ2n) is 5.33. The van der Waals surface area contributed by atoms with Gasteiger partial charge in [0.25, 0.3) is 5.91 Å². The van der Waals surface area contributed by atoms with Gasteiger partial charge in [0.15, 0.2) is 0 Å². The van der Waals surface area contributed by atoms with Gasteiger partial charge in [-0.05, 0) is 49.9 Å². The topological polar surface area (TPSA) is 57.8 Å². The number of aromatic nitrogens is 2. The molecule has 1 aromatic heterocycles. The lowest BCUT2D eigenvalue weighted by Crippen LogP contribution is -2.50. The lowest BCUT2D eigenvalue weighted by molar-refractivity contribution is 0.0818. The van der Waals surface area contributed by atoms with Gasteiger partial charge in [0.2, 0.25) is 0 Å². The maximum atomic E-state index is 13.0. The van der Waals surface area contributed by atoms with Crippen LogP contribution in [0.1, 0.15) is 41.0 Å². The third-order valence-electron chi connectivity index (χ3n) is 3.90. The van der Waals surface area contributed by atoms with Crippen molar-refractivity contribution in [3.05, 3.63) is 53.1 Å². The van der Waals surface area contributed by atoms with E-state index in [4.69, 9.17) is 0 Å². The molecular formula is C15H16FN3O. The van der Waals surface area contributed by atoms with E-state index in [1.165, 1.54) is 12.1 Å². The lowest BCUT2D eigenvalue weighted by atomic mass is 9.71. The molecule has 1 aliphatic rings. The number of aromatic amines is 1. The highest BCUT2D eigenvalue weighted by Gasteiger charge is 2.40. The minimum Gasteiger partial charge on any atom is -0.341 e. The molecule has 0 spiro atoms. The van der Waals surface area contributed by atoms with Crippen molar-refractivity contribution in [3.8, 4) is 0 Å². The molecular weight excluding hydrogens is 257 g/mol. The number of hydrogen-bond donors (Lipinski definition) is 2. The molecule has 0 saturated heterocycles. The summed E-state index contributed by atoms with van der Waals surface area (Å²) in [5.74, 6) is -0.462. The highest BCUT2D eigenvalue weighted by Crippen LogP contribution is 2.41. The van der Waals surface area contributed by atoms with Gasteiger partial charge in [0, 0.05) is 5.69 Å². The Morgan fingerprint density at radius 2 is 2.05 bits per heavy atom. The van der Waals surface area contributed by atoms with Gasteiger partial charge in [-0.1, -0.05) is 12.1 Å². The number of rotatable bonds is 3. The molecule has 0 radical (unpaired) electrons. The summed E-state index contributed by atoms with van der Waals surface area (Å²) in [5.41, 5.74) is 1.80. The zero-order valence-corrected chi connectivity index (χ0v) is 11.2. The van der Waals surface area contributed by atoms with Gasteiger partial charge in [0.1, 0.15) is 11.5 Å². The first-order valence-electron chi connectivity index (χ1n) is 6.70. The summed E-state index contributed by atoms with van der Waals surface area (Å²) in [4.78, 5) is 12.2. The molecule has 0 aliphatic heterocycles. The maximum Gasteiger partial charge on any atom is 0.272 e. The molecule has 2 aromatic rings. The number of H-pyrrole nitrogens is 1. The van der Waals surface area contributed by atoms with Crippen LogP contribution < -0.4 is 5.32 Å². The van der Waals surface area contributed by atoms with Crippen molar-refractivity contribution in [1.29, 1.82) is 0 Å². The first kappa shape index (κ1) is 12.8. The first-order valence-corrected chi connectivity index (χ1v) is 6.70. The van der Waals surface area contributed by atoms with Gasteiger partial charge in [0.05, 0.1) is 5.54 Å². The summed E-state index contributed by atoms with van der Waals surface area (Å²) in [7, 11) is 0. The molecule has 5 heteroatoms. The summed E-state index contributed by atoms with van der Waals surface area (Å²) >= 11 is 0. The Morgan fingerprint density at radius 1 is 1.35 bits per heavy atom. The molecule has 0 unspecified atom stereocenters. The van der Waals surface area contributed by atoms with Gasteiger partial charge < -0.3 is 5.32 Å². The molecule has 2 N–H and O–H groups in total. The second kappa shape index (κ2) is 4.74. The number of aryl methyl sites for hydroxylation is 1. The summed E-state index contributed by atoms with van der Waals surface area (Å²) in [6.07, 6.45) is 2.79. The van der Waals surface area contributed by atoms with E-state index in [2.05, 4.69) is 15.5 Å². The van der Waals surface area contributed by atoms with E-state index in [-0.39, 0.29) is 17.3 Å². The van der Waals surface area contributed by atoms with Crippen LogP contribution in [0.15, 0.2) is 30.3 Å². The number of hydrogen-bond acceptors (Lipinski definition) is 2. The van der Waals surface area contributed by atoms with Crippen molar-refractivity contribution < 1.29 is 9.18 Å². The Bertz CT molecular complexity index is 629. The Balaban J connectivity index is 1.83. The molecule has 1 aromatic carbocycles. The number of amides is 1. The van der Waals surface area contributed by atoms with Gasteiger partial charge in [-0.25, -0.2) is 4.39 Å². The van der Waals surface area contributed by atoms with Crippen LogP contribution in [0.2, 0.25) is 0 Å². The molecule has 3 rings (SSSR count). The predicted molar refractivity (Wildman–Crippen MR) is 72.7 cm³/mol. The Kier molecular flexibility index (Phi) is 3.04. The Labute approximate surface area is 116 Å². The number of benzene rings is 1. The van der Waals surface area contributed by atoms with Crippen molar-refractivity contribution in [2.75, 3.05) is 0 Å². The molecule has 1 fully saturated rings. The molecule has 1 amide bonds. The molecule has 1 heterocycles. The van der Waals surface area contributed by atoms with Crippen LogP contribution in [0.25, 0.3) is 0 Å². The molecule has 1 aliphatic carbocycles. The molecule has 20 heavy (non-hydrogen) atoms. The first-order chi connectivity index (χ1) is 9.59. The van der Waals surface area contributed by atoms with Crippen LogP contribution in [0.5, 0.6) is 0 Å². The molecule has 104 valence electrons. The summed E-state index contributed by atoms with van der Waals surface area (Å²) < 4.78 is 13.0. The normalized spacial score (nSPS) is 16.5. The highest BCUT2D eigenvalue weighted by molar-refractivity contribution is 5.93. The third-order valence-corrected chi connectivity index (χ3v) is 3.90. The van der Waals surface area contributed by atoms with Crippen LogP contribution >= 0.6 is 0 Å². The van der Waals surface area contributed by atoms with Gasteiger partial charge in [-0.3, -0.25) is 9.89 Å². The zero-order valence-electron chi connectivity index (χ0n) is 11.2. The average molecular weight is 273 g/mol. The number of carbonyl (C=O) groups excluding carboxylic acids is 1. The van der Waals surface area contributed by atoms with Crippen LogP contribution in [0.3, 0.4) is 0 Å². The standard InChI is InChI=1S/C15H16FN3O/c1-10-9-13(19-18-10)14(20)17-15(7-2-8-15)11-3-5-12(16)6-4-11/h3-6,9H,2,7-8H2,1H3,(H,17,20)(H,18,19). The van der Waals surface area contributed by atoms with Crippen molar-refractivity contribution in [2.24, 2.45) is 0 Å². The van der Waals surface area contributed by atoms with Gasteiger partial charge in [-0.15, -0.1) is 0 Å². The lowest BCUT2D eigenvalue weighted by Gasteiger charge is -2.43. The molecule has 1 saturated carbocycles. The van der Waals surface area contributed by atoms with Crippen molar-refractivity contribution in [2.45, 2.75) is 31.7 Å². The van der Waals surface area contributed by atoms with Gasteiger partial charge in [-0.2, -0.15) is 5.10 Å². The minimum atomic E-state index is -0.377. The summed E-state index contributed by atoms with van der Waals surface area (Å²) in [6.45, 7) is 1.85. The van der Waals surface area contributed by atoms with Crippen LogP contribution in [0.4, 0.5) is 4.39 Å². The third kappa shape index (κ3) is 2.19. The average Bonchev–Trinajstić information content (AvgIpc) is 2.82. The fraction of sp³-hybridized carbons (Fsp3) is 0.333. The quantitative estimate of drug-likeness (QED) is 0.903. The largest absolute Gasteiger partial charge is 0.341 e. The van der Waals surface area contributed by atoms with E-state index >= 15 is 0 Å². The van der Waals surface area contributed by atoms with Crippen molar-refractivity contribution >= 4 is 5.91 Å². The van der Waals surface area contributed by atoms with E-state index in [0.717, 1.165) is 30.5 Å². The van der Waals surface area contributed by atoms with Crippen molar-refractivity contribution in [1.82, 2.24) is 15.5 Å². The van der Waals surface area contributed by atoms with Crippen molar-refractivity contribution in [3.63, 3.8) is 0 Å². The summed E-state index contributed by atoms with van der Waals surface area (Å²) in [6, 6.07) is 8.06. The monoisotopic (exact) mass is 273 g/mol. The van der Waals surface area contributed by atoms with Gasteiger partial charge >= 0.3 is 0 Å². The number of nitrogens with zero attached hydrogens (tertiary/aromatic N) is 1. The highest BCUT2D eigenvalue weighted by atomic mass is 19.1. The van der Waals surface area contributed by atoms with E-state index in [1.54, 1.807) is 18.2 Å². The van der Waals surface area contributed by atoms with E-state index in [0.29, 0.717) is 5.69 Å². The fourth-order valence-corrected chi connectivity index (χ4v) is 2.60. The van der Waals surface area contributed by atoms with E-state index in [1.807, 2.05) is 6.92 Å². The van der Waals surface area contributed by atoms with Crippen LogP contribution in [-0.4, -0.2) is 16.1 Å². The van der Waals surface area contributed by atoms with E-state index < -0.39 is 0 Å². The molecule has 0 bridgehead atoms. The fourth-order valence-electron chi connectivity index (χ4n) is 2.60.